The maximum Gasteiger partial charge on any atom is 0.259 e. The molecular weight excluding hydrogens is 242 g/mol. The van der Waals surface area contributed by atoms with E-state index in [1.807, 2.05) is 6.20 Å². The molecule has 3 rings (SSSR count). The summed E-state index contributed by atoms with van der Waals surface area (Å²) in [6, 6.07) is 0. The molecule has 0 atom stereocenters. The minimum absolute atomic E-state index is 0.163. The second kappa shape index (κ2) is 4.81. The first kappa shape index (κ1) is 11.9. The summed E-state index contributed by atoms with van der Waals surface area (Å²) in [4.78, 5) is 25.5. The number of anilines is 1. The Balaban J connectivity index is 1.89. The molecular formula is C13H15N5O. The fourth-order valence-corrected chi connectivity index (χ4v) is 2.34. The molecule has 0 unspecified atom stereocenters. The van der Waals surface area contributed by atoms with Crippen LogP contribution in [0.5, 0.6) is 0 Å². The van der Waals surface area contributed by atoms with E-state index >= 15 is 0 Å². The molecule has 0 spiro atoms. The molecule has 6 heteroatoms. The lowest BCUT2D eigenvalue weighted by Gasteiger charge is -2.25. The lowest BCUT2D eigenvalue weighted by Crippen LogP contribution is -2.29. The van der Waals surface area contributed by atoms with Gasteiger partial charge in [0, 0.05) is 37.9 Å². The van der Waals surface area contributed by atoms with Crippen molar-refractivity contribution in [2.45, 2.75) is 13.0 Å². The molecule has 0 fully saturated rings. The summed E-state index contributed by atoms with van der Waals surface area (Å²) < 4.78 is 0. The number of hydrogen-bond acceptors (Lipinski definition) is 4. The molecule has 2 aromatic heterocycles. The van der Waals surface area contributed by atoms with E-state index in [4.69, 9.17) is 0 Å². The molecule has 0 radical (unpaired) electrons. The van der Waals surface area contributed by atoms with Crippen molar-refractivity contribution in [3.63, 3.8) is 0 Å². The van der Waals surface area contributed by atoms with Crippen molar-refractivity contribution in [2.24, 2.45) is 0 Å². The number of amides is 1. The third kappa shape index (κ3) is 2.34. The van der Waals surface area contributed by atoms with E-state index in [1.54, 1.807) is 18.6 Å². The number of carbonyl (C=O) groups excluding carboxylic acids is 1. The van der Waals surface area contributed by atoms with Gasteiger partial charge in [0.05, 0.1) is 5.56 Å². The summed E-state index contributed by atoms with van der Waals surface area (Å²) in [6.45, 7) is 1.79. The maximum atomic E-state index is 12.2. The van der Waals surface area contributed by atoms with Gasteiger partial charge in [-0.05, 0) is 24.6 Å². The van der Waals surface area contributed by atoms with Crippen molar-refractivity contribution in [3.05, 3.63) is 41.5 Å². The number of nitrogens with zero attached hydrogens (tertiary/aromatic N) is 3. The van der Waals surface area contributed by atoms with Crippen LogP contribution in [0.25, 0.3) is 0 Å². The van der Waals surface area contributed by atoms with Crippen LogP contribution in [0.4, 0.5) is 5.95 Å². The van der Waals surface area contributed by atoms with Crippen molar-refractivity contribution in [2.75, 3.05) is 18.9 Å². The summed E-state index contributed by atoms with van der Waals surface area (Å²) >= 11 is 0. The van der Waals surface area contributed by atoms with Gasteiger partial charge >= 0.3 is 0 Å². The lowest BCUT2D eigenvalue weighted by molar-refractivity contribution is 0.102. The highest BCUT2D eigenvalue weighted by molar-refractivity contribution is 6.04. The van der Waals surface area contributed by atoms with Crippen molar-refractivity contribution in [1.82, 2.24) is 19.9 Å². The van der Waals surface area contributed by atoms with Crippen LogP contribution in [0.2, 0.25) is 0 Å². The van der Waals surface area contributed by atoms with E-state index in [0.29, 0.717) is 11.5 Å². The van der Waals surface area contributed by atoms with E-state index < -0.39 is 0 Å². The zero-order chi connectivity index (χ0) is 13.2. The Labute approximate surface area is 110 Å². The zero-order valence-electron chi connectivity index (χ0n) is 10.7. The average molecular weight is 257 g/mol. The summed E-state index contributed by atoms with van der Waals surface area (Å²) in [7, 11) is 2.07. The largest absolute Gasteiger partial charge is 0.331 e. The molecule has 0 aliphatic carbocycles. The van der Waals surface area contributed by atoms with Gasteiger partial charge < -0.3 is 9.88 Å². The van der Waals surface area contributed by atoms with Gasteiger partial charge in [-0.1, -0.05) is 0 Å². The molecule has 1 aliphatic rings. The smallest absolute Gasteiger partial charge is 0.259 e. The maximum absolute atomic E-state index is 12.2. The topological polar surface area (TPSA) is 73.9 Å². The van der Waals surface area contributed by atoms with Gasteiger partial charge in [-0.3, -0.25) is 15.1 Å². The van der Waals surface area contributed by atoms with Crippen molar-refractivity contribution >= 4 is 11.9 Å². The molecule has 1 aliphatic heterocycles. The number of fused-ring (bicyclic) bond motifs is 1. The van der Waals surface area contributed by atoms with Crippen molar-refractivity contribution < 1.29 is 4.79 Å². The van der Waals surface area contributed by atoms with Crippen LogP contribution in [0, 0.1) is 0 Å². The Morgan fingerprint density at radius 3 is 3.16 bits per heavy atom. The minimum Gasteiger partial charge on any atom is -0.331 e. The first-order valence-corrected chi connectivity index (χ1v) is 6.19. The fourth-order valence-electron chi connectivity index (χ4n) is 2.34. The van der Waals surface area contributed by atoms with E-state index in [0.717, 1.165) is 30.6 Å². The molecule has 0 saturated heterocycles. The number of imidazole rings is 1. The highest BCUT2D eigenvalue weighted by Gasteiger charge is 2.20. The van der Waals surface area contributed by atoms with Gasteiger partial charge in [-0.2, -0.15) is 0 Å². The van der Waals surface area contributed by atoms with Crippen LogP contribution in [0.15, 0.2) is 24.8 Å². The predicted octanol–water partition coefficient (Wildman–Crippen LogP) is 1.04. The number of pyridine rings is 1. The van der Waals surface area contributed by atoms with Crippen molar-refractivity contribution in [3.8, 4) is 0 Å². The van der Waals surface area contributed by atoms with Gasteiger partial charge in [0.2, 0.25) is 5.95 Å². The van der Waals surface area contributed by atoms with Crippen LogP contribution in [0.3, 0.4) is 0 Å². The van der Waals surface area contributed by atoms with Crippen LogP contribution in [-0.2, 0) is 13.0 Å². The first-order chi connectivity index (χ1) is 9.24. The normalized spacial score (nSPS) is 15.0. The second-order valence-corrected chi connectivity index (χ2v) is 4.70. The fraction of sp³-hybridized carbons (Fsp3) is 0.308. The Morgan fingerprint density at radius 1 is 1.47 bits per heavy atom. The highest BCUT2D eigenvalue weighted by atomic mass is 16.1. The van der Waals surface area contributed by atoms with Crippen molar-refractivity contribution in [1.29, 1.82) is 0 Å². The van der Waals surface area contributed by atoms with Crippen LogP contribution >= 0.6 is 0 Å². The third-order valence-electron chi connectivity index (χ3n) is 3.31. The van der Waals surface area contributed by atoms with Gasteiger partial charge in [0.25, 0.3) is 5.91 Å². The summed E-state index contributed by atoms with van der Waals surface area (Å²) in [5.74, 6) is 0.291. The molecule has 98 valence electrons. The quantitative estimate of drug-likeness (QED) is 0.843. The SMILES string of the molecule is CN1CCc2c(cncc2C(=O)Nc2ncc[nH]2)C1. The van der Waals surface area contributed by atoms with Crippen LogP contribution in [-0.4, -0.2) is 39.4 Å². The summed E-state index contributed by atoms with van der Waals surface area (Å²) in [5.41, 5.74) is 2.86. The average Bonchev–Trinajstić information content (AvgIpc) is 2.90. The molecule has 1 amide bonds. The number of likely N-dealkylation sites (N-methyl/N-ethyl adjacent to an activating group) is 1. The van der Waals surface area contributed by atoms with E-state index in [2.05, 4.69) is 32.2 Å². The second-order valence-electron chi connectivity index (χ2n) is 4.70. The van der Waals surface area contributed by atoms with Gasteiger partial charge in [-0.25, -0.2) is 4.98 Å². The molecule has 3 heterocycles. The zero-order valence-corrected chi connectivity index (χ0v) is 10.7. The van der Waals surface area contributed by atoms with Crippen LogP contribution < -0.4 is 5.32 Å². The predicted molar refractivity (Wildman–Crippen MR) is 70.8 cm³/mol. The van der Waals surface area contributed by atoms with E-state index in [9.17, 15) is 4.79 Å². The molecule has 0 aromatic carbocycles. The molecule has 2 N–H and O–H groups in total. The molecule has 6 nitrogen and oxygen atoms in total. The number of carbonyl (C=O) groups is 1. The minimum atomic E-state index is -0.163. The standard InChI is InChI=1S/C13H15N5O/c1-18-5-2-10-9(8-18)6-14-7-11(10)12(19)17-13-15-3-4-16-13/h3-4,6-7H,2,5,8H2,1H3,(H2,15,16,17,19). The van der Waals surface area contributed by atoms with Gasteiger partial charge in [0.15, 0.2) is 0 Å². The summed E-state index contributed by atoms with van der Waals surface area (Å²) in [5, 5.41) is 2.74. The van der Waals surface area contributed by atoms with Crippen LogP contribution in [0.1, 0.15) is 21.5 Å². The molecule has 2 aromatic rings. The van der Waals surface area contributed by atoms with Gasteiger partial charge in [-0.15, -0.1) is 0 Å². The number of H-pyrrole nitrogens is 1. The third-order valence-corrected chi connectivity index (χ3v) is 3.31. The summed E-state index contributed by atoms with van der Waals surface area (Å²) in [6.07, 6.45) is 7.61. The molecule has 0 saturated carbocycles. The number of aromatic nitrogens is 3. The Hall–Kier alpha value is -2.21. The first-order valence-electron chi connectivity index (χ1n) is 6.19. The lowest BCUT2D eigenvalue weighted by atomic mass is 9.97. The number of nitrogens with one attached hydrogen (secondary N) is 2. The van der Waals surface area contributed by atoms with E-state index in [-0.39, 0.29) is 5.91 Å². The molecule has 0 bridgehead atoms. The Morgan fingerprint density at radius 2 is 2.37 bits per heavy atom. The Kier molecular flexibility index (Phi) is 3.00. The van der Waals surface area contributed by atoms with E-state index in [1.165, 1.54) is 0 Å². The Bertz CT molecular complexity index is 593. The highest BCUT2D eigenvalue weighted by Crippen LogP contribution is 2.21. The molecule has 19 heavy (non-hydrogen) atoms. The van der Waals surface area contributed by atoms with Gasteiger partial charge in [0.1, 0.15) is 0 Å². The monoisotopic (exact) mass is 257 g/mol. The number of aromatic amines is 1. The number of hydrogen-bond donors (Lipinski definition) is 2. The number of rotatable bonds is 2.